The summed E-state index contributed by atoms with van der Waals surface area (Å²) in [4.78, 5) is 16.9. The third kappa shape index (κ3) is 4.23. The summed E-state index contributed by atoms with van der Waals surface area (Å²) in [6.45, 7) is 3.80. The number of oxazole rings is 1. The normalized spacial score (nSPS) is 10.9. The van der Waals surface area contributed by atoms with Crippen LogP contribution in [0.25, 0.3) is 22.6 Å². The second kappa shape index (κ2) is 8.71. The van der Waals surface area contributed by atoms with E-state index in [9.17, 15) is 4.79 Å². The van der Waals surface area contributed by atoms with Gasteiger partial charge in [-0.2, -0.15) is 0 Å². The van der Waals surface area contributed by atoms with Crippen molar-refractivity contribution >= 4 is 5.78 Å². The van der Waals surface area contributed by atoms with Gasteiger partial charge in [0.2, 0.25) is 5.78 Å². The lowest BCUT2D eigenvalue weighted by atomic mass is 10.1. The highest BCUT2D eigenvalue weighted by molar-refractivity contribution is 5.95. The van der Waals surface area contributed by atoms with E-state index in [0.29, 0.717) is 17.2 Å². The fourth-order valence-corrected chi connectivity index (χ4v) is 2.68. The molecule has 1 heterocycles. The van der Waals surface area contributed by atoms with Crippen molar-refractivity contribution in [2.75, 3.05) is 20.3 Å². The van der Waals surface area contributed by atoms with Crippen LogP contribution < -0.4 is 9.47 Å². The minimum absolute atomic E-state index is 0.0495. The molecule has 0 saturated carbocycles. The van der Waals surface area contributed by atoms with Gasteiger partial charge in [-0.3, -0.25) is 4.79 Å². The summed E-state index contributed by atoms with van der Waals surface area (Å²) in [6, 6.07) is 14.7. The van der Waals surface area contributed by atoms with E-state index in [1.54, 1.807) is 19.2 Å². The topological polar surface area (TPSA) is 81.8 Å². The molecule has 6 nitrogen and oxygen atoms in total. The number of carbonyl (C=O) groups is 1. The van der Waals surface area contributed by atoms with Crippen molar-refractivity contribution in [2.24, 2.45) is 5.92 Å². The summed E-state index contributed by atoms with van der Waals surface area (Å²) >= 11 is 0. The van der Waals surface area contributed by atoms with Crippen LogP contribution in [-0.4, -0.2) is 36.2 Å². The SMILES string of the molecule is COc1ccc(-c2nc(C(=O)C(C)C)oc2-c2ccc(OCCO)cc2)cc1. The molecule has 6 heteroatoms. The van der Waals surface area contributed by atoms with Crippen LogP contribution >= 0.6 is 0 Å². The Morgan fingerprint density at radius 1 is 1.04 bits per heavy atom. The molecule has 0 fully saturated rings. The Kier molecular flexibility index (Phi) is 6.11. The first kappa shape index (κ1) is 19.6. The molecule has 0 aliphatic heterocycles. The molecule has 0 saturated heterocycles. The monoisotopic (exact) mass is 381 g/mol. The summed E-state index contributed by atoms with van der Waals surface area (Å²) in [5, 5.41) is 8.87. The van der Waals surface area contributed by atoms with Gasteiger partial charge in [0.1, 0.15) is 23.8 Å². The number of aliphatic hydroxyl groups excluding tert-OH is 1. The predicted molar refractivity (Wildman–Crippen MR) is 106 cm³/mol. The summed E-state index contributed by atoms with van der Waals surface area (Å²) in [6.07, 6.45) is 0. The Labute approximate surface area is 163 Å². The number of ketones is 1. The maximum absolute atomic E-state index is 12.4. The Hall–Kier alpha value is -3.12. The van der Waals surface area contributed by atoms with Gasteiger partial charge >= 0.3 is 0 Å². The molecule has 3 rings (SSSR count). The van der Waals surface area contributed by atoms with Gasteiger partial charge in [0.25, 0.3) is 5.89 Å². The zero-order valence-electron chi connectivity index (χ0n) is 16.1. The Bertz CT molecular complexity index is 927. The first-order valence-corrected chi connectivity index (χ1v) is 9.07. The van der Waals surface area contributed by atoms with Gasteiger partial charge in [0, 0.05) is 17.0 Å². The second-order valence-electron chi connectivity index (χ2n) is 6.54. The number of benzene rings is 2. The quantitative estimate of drug-likeness (QED) is 0.588. The van der Waals surface area contributed by atoms with Crippen molar-refractivity contribution in [1.29, 1.82) is 0 Å². The van der Waals surface area contributed by atoms with Gasteiger partial charge < -0.3 is 19.0 Å². The Morgan fingerprint density at radius 2 is 1.64 bits per heavy atom. The third-order valence-electron chi connectivity index (χ3n) is 4.20. The predicted octanol–water partition coefficient (Wildman–Crippen LogP) is 4.23. The number of ether oxygens (including phenoxy) is 2. The molecule has 0 unspecified atom stereocenters. The third-order valence-corrected chi connectivity index (χ3v) is 4.20. The highest BCUT2D eigenvalue weighted by atomic mass is 16.5. The van der Waals surface area contributed by atoms with Crippen LogP contribution in [0, 0.1) is 5.92 Å². The molecule has 0 aliphatic rings. The molecule has 0 aliphatic carbocycles. The number of carbonyl (C=O) groups excluding carboxylic acids is 1. The maximum atomic E-state index is 12.4. The van der Waals surface area contributed by atoms with E-state index >= 15 is 0 Å². The molecule has 0 bridgehead atoms. The number of Topliss-reactive ketones (excluding diaryl/α,β-unsaturated/α-hetero) is 1. The molecule has 2 aromatic carbocycles. The molecule has 28 heavy (non-hydrogen) atoms. The van der Waals surface area contributed by atoms with Crippen molar-refractivity contribution in [3.05, 3.63) is 54.4 Å². The summed E-state index contributed by atoms with van der Waals surface area (Å²) in [5.41, 5.74) is 2.19. The fraction of sp³-hybridized carbons (Fsp3) is 0.273. The number of aromatic nitrogens is 1. The van der Waals surface area contributed by atoms with Crippen LogP contribution in [0.3, 0.4) is 0 Å². The van der Waals surface area contributed by atoms with Crippen molar-refractivity contribution in [1.82, 2.24) is 4.98 Å². The van der Waals surface area contributed by atoms with Gasteiger partial charge in [-0.25, -0.2) is 4.98 Å². The van der Waals surface area contributed by atoms with Gasteiger partial charge in [0.05, 0.1) is 13.7 Å². The van der Waals surface area contributed by atoms with Crippen molar-refractivity contribution in [3.63, 3.8) is 0 Å². The van der Waals surface area contributed by atoms with E-state index in [1.165, 1.54) is 0 Å². The number of methoxy groups -OCH3 is 1. The lowest BCUT2D eigenvalue weighted by molar-refractivity contribution is 0.0905. The van der Waals surface area contributed by atoms with E-state index in [0.717, 1.165) is 16.9 Å². The Morgan fingerprint density at radius 3 is 2.21 bits per heavy atom. The van der Waals surface area contributed by atoms with Crippen LogP contribution in [0.15, 0.2) is 52.9 Å². The van der Waals surface area contributed by atoms with E-state index in [4.69, 9.17) is 19.0 Å². The maximum Gasteiger partial charge on any atom is 0.264 e. The molecular weight excluding hydrogens is 358 g/mol. The molecule has 3 aromatic rings. The van der Waals surface area contributed by atoms with Crippen LogP contribution in [0.2, 0.25) is 0 Å². The summed E-state index contributed by atoms with van der Waals surface area (Å²) < 4.78 is 16.5. The minimum Gasteiger partial charge on any atom is -0.497 e. The largest absolute Gasteiger partial charge is 0.497 e. The zero-order chi connectivity index (χ0) is 20.1. The molecular formula is C22H23NO5. The van der Waals surface area contributed by atoms with E-state index in [2.05, 4.69) is 4.98 Å². The Balaban J connectivity index is 2.03. The second-order valence-corrected chi connectivity index (χ2v) is 6.54. The molecule has 1 aromatic heterocycles. The van der Waals surface area contributed by atoms with Crippen LogP contribution in [-0.2, 0) is 0 Å². The van der Waals surface area contributed by atoms with Crippen molar-refractivity contribution < 1.29 is 23.8 Å². The van der Waals surface area contributed by atoms with Gasteiger partial charge in [0.15, 0.2) is 5.76 Å². The van der Waals surface area contributed by atoms with Crippen molar-refractivity contribution in [2.45, 2.75) is 13.8 Å². The number of hydrogen-bond donors (Lipinski definition) is 1. The number of hydrogen-bond acceptors (Lipinski definition) is 6. The summed E-state index contributed by atoms with van der Waals surface area (Å²) in [7, 11) is 1.61. The fourth-order valence-electron chi connectivity index (χ4n) is 2.68. The lowest BCUT2D eigenvalue weighted by Gasteiger charge is -2.06. The highest BCUT2D eigenvalue weighted by Gasteiger charge is 2.23. The van der Waals surface area contributed by atoms with Gasteiger partial charge in [-0.1, -0.05) is 13.8 Å². The first-order chi connectivity index (χ1) is 13.5. The highest BCUT2D eigenvalue weighted by Crippen LogP contribution is 2.34. The molecule has 0 radical (unpaired) electrons. The van der Waals surface area contributed by atoms with E-state index in [1.807, 2.05) is 50.2 Å². The molecule has 1 N–H and O–H groups in total. The zero-order valence-corrected chi connectivity index (χ0v) is 16.1. The average molecular weight is 381 g/mol. The van der Waals surface area contributed by atoms with Gasteiger partial charge in [-0.15, -0.1) is 0 Å². The average Bonchev–Trinajstić information content (AvgIpc) is 3.17. The molecule has 0 amide bonds. The standard InChI is InChI=1S/C22H23NO5/c1-14(2)20(25)22-23-19(15-4-8-17(26-3)9-5-15)21(28-22)16-6-10-18(11-7-16)27-13-12-24/h4-11,14,24H,12-13H2,1-3H3. The minimum atomic E-state index is -0.218. The van der Waals surface area contributed by atoms with Crippen LogP contribution in [0.1, 0.15) is 24.5 Å². The molecule has 146 valence electrons. The first-order valence-electron chi connectivity index (χ1n) is 9.07. The van der Waals surface area contributed by atoms with E-state index < -0.39 is 0 Å². The lowest BCUT2D eigenvalue weighted by Crippen LogP contribution is -2.07. The number of rotatable bonds is 8. The van der Waals surface area contributed by atoms with Crippen LogP contribution in [0.4, 0.5) is 0 Å². The molecule has 0 spiro atoms. The van der Waals surface area contributed by atoms with Gasteiger partial charge in [-0.05, 0) is 48.5 Å². The van der Waals surface area contributed by atoms with E-state index in [-0.39, 0.29) is 30.8 Å². The smallest absolute Gasteiger partial charge is 0.264 e. The molecule has 0 atom stereocenters. The van der Waals surface area contributed by atoms with Crippen LogP contribution in [0.5, 0.6) is 11.5 Å². The van der Waals surface area contributed by atoms with Crippen molar-refractivity contribution in [3.8, 4) is 34.1 Å². The summed E-state index contributed by atoms with van der Waals surface area (Å²) in [5.74, 6) is 1.62. The number of nitrogens with zero attached hydrogens (tertiary/aromatic N) is 1. The number of aliphatic hydroxyl groups is 1.